The molecule has 15 nitrogen and oxygen atoms in total. The molecule has 12 rings (SSSR count). The number of rotatable bonds is 16. The molecule has 99 heavy (non-hydrogen) atoms. The van der Waals surface area contributed by atoms with Crippen molar-refractivity contribution in [3.8, 4) is 81.2 Å². The largest absolute Gasteiger partial charge is 0.420 e. The maximum absolute atomic E-state index is 13.9. The molecule has 3 aliphatic rings. The number of carbonyl (C=O) groups excluding carboxylic acids is 3. The van der Waals surface area contributed by atoms with Crippen LogP contribution in [0.1, 0.15) is 146 Å². The number of aryl methyl sites for hydroxylation is 3. The summed E-state index contributed by atoms with van der Waals surface area (Å²) in [5.41, 5.74) is -8.92. The van der Waals surface area contributed by atoms with Gasteiger partial charge in [0.25, 0.3) is 35.5 Å². The van der Waals surface area contributed by atoms with Crippen LogP contribution in [0.3, 0.4) is 0 Å². The second-order valence-corrected chi connectivity index (χ2v) is 29.3. The average molecular weight is 1500 g/mol. The smallest absolute Gasteiger partial charge is 0.349 e. The molecule has 0 aromatic carbocycles. The quantitative estimate of drug-likeness (QED) is 0.0916. The summed E-state index contributed by atoms with van der Waals surface area (Å²) < 4.78 is 209. The maximum Gasteiger partial charge on any atom is 0.420 e. The minimum absolute atomic E-state index is 0.0683. The summed E-state index contributed by atoms with van der Waals surface area (Å²) in [4.78, 5) is 45.2. The molecule has 9 aromatic rings. The Morgan fingerprint density at radius 3 is 1.09 bits per heavy atom. The first-order valence-corrected chi connectivity index (χ1v) is 34.5. The van der Waals surface area contributed by atoms with Gasteiger partial charge < -0.3 is 15.1 Å². The Morgan fingerprint density at radius 1 is 0.495 bits per heavy atom. The van der Waals surface area contributed by atoms with Crippen molar-refractivity contribution >= 4 is 85.7 Å². The van der Waals surface area contributed by atoms with Gasteiger partial charge in [-0.05, 0) is 81.8 Å². The Bertz CT molecular complexity index is 4730. The summed E-state index contributed by atoms with van der Waals surface area (Å²) in [6.45, 7) is 3.49. The molecule has 1 N–H and O–H groups in total. The van der Waals surface area contributed by atoms with E-state index in [1.807, 2.05) is 25.1 Å². The van der Waals surface area contributed by atoms with Crippen LogP contribution in [-0.4, -0.2) is 88.6 Å². The van der Waals surface area contributed by atoms with Crippen LogP contribution in [0, 0.1) is 34.0 Å². The molecule has 9 aromatic heterocycles. The maximum atomic E-state index is 13.9. The van der Waals surface area contributed by atoms with Crippen molar-refractivity contribution in [1.29, 1.82) is 15.8 Å². The lowest BCUT2D eigenvalue weighted by molar-refractivity contribution is -0.141. The normalized spacial score (nSPS) is 14.4. The molecule has 0 unspecified atom stereocenters. The van der Waals surface area contributed by atoms with E-state index in [0.717, 1.165) is 121 Å². The van der Waals surface area contributed by atoms with E-state index in [1.54, 1.807) is 29.0 Å². The first-order chi connectivity index (χ1) is 46.1. The number of carbonyl (C=O) groups is 3. The summed E-state index contributed by atoms with van der Waals surface area (Å²) in [6, 6.07) is 15.4. The molecule has 0 spiro atoms. The number of hydrogen-bond acceptors (Lipinski definition) is 15. The number of amides is 3. The third kappa shape index (κ3) is 15.4. The number of hydrogen-bond donors (Lipinski definition) is 1. The van der Waals surface area contributed by atoms with Crippen molar-refractivity contribution in [3.05, 3.63) is 118 Å². The molecular weight excluding hydrogens is 1450 g/mol. The average Bonchev–Trinajstić information content (AvgIpc) is 1.62. The third-order valence-corrected chi connectivity index (χ3v) is 22.2. The predicted octanol–water partition coefficient (Wildman–Crippen LogP) is 18.4. The third-order valence-electron chi connectivity index (χ3n) is 15.7. The van der Waals surface area contributed by atoms with Gasteiger partial charge in [0.05, 0.1) is 33.8 Å². The molecule has 3 saturated carbocycles. The lowest BCUT2D eigenvalue weighted by Crippen LogP contribution is -2.32. The number of nitrogens with zero attached hydrogens (tertiary/aromatic N) is 11. The van der Waals surface area contributed by atoms with Gasteiger partial charge in [-0.2, -0.15) is 96.9 Å². The zero-order valence-electron chi connectivity index (χ0n) is 52.6. The van der Waals surface area contributed by atoms with E-state index in [2.05, 4.69) is 20.6 Å². The molecule has 522 valence electrons. The molecule has 3 aliphatic carbocycles. The Balaban J connectivity index is 0.000000161. The molecule has 0 atom stereocenters. The van der Waals surface area contributed by atoms with Crippen LogP contribution >= 0.6 is 68.0 Å². The van der Waals surface area contributed by atoms with Gasteiger partial charge in [0.2, 0.25) is 0 Å². The zero-order chi connectivity index (χ0) is 72.7. The zero-order valence-corrected chi connectivity index (χ0v) is 57.5. The van der Waals surface area contributed by atoms with Gasteiger partial charge in [-0.1, -0.05) is 0 Å². The first-order valence-electron chi connectivity index (χ1n) is 29.4. The first kappa shape index (κ1) is 73.4. The van der Waals surface area contributed by atoms with Crippen LogP contribution in [0.5, 0.6) is 0 Å². The number of aromatic nitrogens is 6. The van der Waals surface area contributed by atoms with Crippen molar-refractivity contribution in [2.75, 3.05) is 13.6 Å². The van der Waals surface area contributed by atoms with Gasteiger partial charge in [0.1, 0.15) is 66.6 Å². The van der Waals surface area contributed by atoms with Crippen LogP contribution in [0.4, 0.5) is 65.9 Å². The molecule has 0 bridgehead atoms. The topological polar surface area (TPSA) is 195 Å². The number of thiophene rings is 6. The van der Waals surface area contributed by atoms with Gasteiger partial charge in [-0.15, -0.1) is 68.0 Å². The van der Waals surface area contributed by atoms with E-state index >= 15 is 0 Å². The van der Waals surface area contributed by atoms with Gasteiger partial charge in [-0.25, -0.2) is 0 Å². The monoisotopic (exact) mass is 1500 g/mol. The fraction of sp³-hybridized carbons (Fsp3) is 0.381. The van der Waals surface area contributed by atoms with E-state index in [1.165, 1.54) is 61.5 Å². The molecule has 0 saturated heterocycles. The molecular formula is C63H51F15N12O3S6. The summed E-state index contributed by atoms with van der Waals surface area (Å²) in [6.07, 6.45) is -9.72. The van der Waals surface area contributed by atoms with E-state index in [9.17, 15) is 96.0 Å². The van der Waals surface area contributed by atoms with E-state index < -0.39 is 87.2 Å². The fourth-order valence-corrected chi connectivity index (χ4v) is 16.6. The summed E-state index contributed by atoms with van der Waals surface area (Å²) >= 11 is 6.45. The molecule has 0 aliphatic heterocycles. The number of nitrogens with one attached hydrogen (secondary N) is 1. The molecule has 3 fully saturated rings. The summed E-state index contributed by atoms with van der Waals surface area (Å²) in [5.74, 6) is -12.2. The van der Waals surface area contributed by atoms with Crippen molar-refractivity contribution in [2.45, 2.75) is 121 Å². The van der Waals surface area contributed by atoms with Crippen molar-refractivity contribution in [2.24, 2.45) is 21.1 Å². The van der Waals surface area contributed by atoms with Crippen LogP contribution in [0.15, 0.2) is 52.5 Å². The predicted molar refractivity (Wildman–Crippen MR) is 343 cm³/mol. The minimum atomic E-state index is -5.04. The van der Waals surface area contributed by atoms with E-state index in [-0.39, 0.29) is 83.9 Å². The second kappa shape index (κ2) is 27.0. The SMILES string of the molecule is CCN(C(=O)c1cc(-c2cc(-c3c(C(F)(F)F)c(C(C)(F)F)nn3C)cs2)sc1C#N)C1CC1.CN(C(=O)c1cc(-c2cc(-c3c(C(F)(F)F)c(C(C)(F)F)nn3C)cs2)sc1C#N)C1CC1.Cn1nc(C(C)(F)F)c(C(F)(F)F)c1-c1csc(-c2cc(C(=O)NC3CC3)c(C#N)s2)c1. The highest BCUT2D eigenvalue weighted by Crippen LogP contribution is 2.51. The lowest BCUT2D eigenvalue weighted by atomic mass is 10.0. The highest BCUT2D eigenvalue weighted by molar-refractivity contribution is 7.23. The van der Waals surface area contributed by atoms with Gasteiger partial charge in [0, 0.05) is 136 Å². The van der Waals surface area contributed by atoms with Crippen LogP contribution in [-0.2, 0) is 57.4 Å². The van der Waals surface area contributed by atoms with Crippen molar-refractivity contribution < 1.29 is 80.2 Å². The van der Waals surface area contributed by atoms with Crippen LogP contribution < -0.4 is 5.32 Å². The van der Waals surface area contributed by atoms with Gasteiger partial charge in [0.15, 0.2) is 0 Å². The summed E-state index contributed by atoms with van der Waals surface area (Å²) in [7, 11) is 5.21. The molecule has 0 radical (unpaired) electrons. The highest BCUT2D eigenvalue weighted by atomic mass is 32.1. The minimum Gasteiger partial charge on any atom is -0.349 e. The van der Waals surface area contributed by atoms with Gasteiger partial charge in [-0.3, -0.25) is 28.4 Å². The van der Waals surface area contributed by atoms with Crippen LogP contribution in [0.25, 0.3) is 63.0 Å². The Kier molecular flexibility index (Phi) is 20.0. The van der Waals surface area contributed by atoms with Crippen LogP contribution in [0.2, 0.25) is 0 Å². The lowest BCUT2D eigenvalue weighted by Gasteiger charge is -2.19. The Morgan fingerprint density at radius 2 is 0.808 bits per heavy atom. The second-order valence-electron chi connectivity index (χ2n) is 23.5. The van der Waals surface area contributed by atoms with Gasteiger partial charge >= 0.3 is 18.5 Å². The Labute approximate surface area is 577 Å². The number of nitriles is 3. The number of halogens is 15. The van der Waals surface area contributed by atoms with Crippen molar-refractivity contribution in [1.82, 2.24) is 44.5 Å². The Hall–Kier alpha value is -8.34. The van der Waals surface area contributed by atoms with E-state index in [0.29, 0.717) is 56.6 Å². The summed E-state index contributed by atoms with van der Waals surface area (Å²) in [5, 5.41) is 45.8. The standard InChI is InChI=1S/C22H19F5N4OS2.C21H17F5N4OS2.C20H15F5N4OS2/c1-4-31(12-5-6-12)20(32)13-8-15(34-16(13)9-28)14-7-11(10-33-14)18-17(22(25,26)27)19(21(2,23)24)29-30(18)3;1-20(22,23)18-16(21(24,25)26)17(30(3)28-18)10-6-13(32-9-10)14-7-12(15(8-27)33-14)19(31)29(2)11-4-5-11;1-19(21,22)17-15(20(23,24)25)16(29(2)28-17)9-5-12(31-8-9)13-6-11(14(7-26)32-13)18(30)27-10-3-4-10/h7-8,10,12H,4-6H2,1-3H3;6-7,9,11H,4-5H2,1-3H3;5-6,8,10H,3-4H2,1-2H3,(H,27,30). The van der Waals surface area contributed by atoms with E-state index in [4.69, 9.17) is 0 Å². The molecule has 3 amide bonds. The number of alkyl halides is 15. The highest BCUT2D eigenvalue weighted by Gasteiger charge is 2.50. The fourth-order valence-electron chi connectivity index (χ4n) is 10.8. The molecule has 9 heterocycles. The van der Waals surface area contributed by atoms with Crippen molar-refractivity contribution in [3.63, 3.8) is 0 Å². The molecule has 36 heteroatoms.